The lowest BCUT2D eigenvalue weighted by molar-refractivity contribution is 0.260. The number of aliphatic hydroxyl groups excluding tert-OH is 1. The Labute approximate surface area is 115 Å². The molecular weight excluding hydrogens is 273 g/mol. The van der Waals surface area contributed by atoms with Gasteiger partial charge in [0.25, 0.3) is 0 Å². The molecule has 1 aromatic heterocycles. The molecule has 0 saturated carbocycles. The van der Waals surface area contributed by atoms with Crippen LogP contribution in [-0.4, -0.2) is 17.8 Å². The van der Waals surface area contributed by atoms with Crippen molar-refractivity contribution in [2.45, 2.75) is 12.5 Å². The molecule has 1 unspecified atom stereocenters. The summed E-state index contributed by atoms with van der Waals surface area (Å²) in [5.74, 6) is 1.35. The molecule has 0 radical (unpaired) electrons. The summed E-state index contributed by atoms with van der Waals surface area (Å²) >= 11 is 12.0. The highest BCUT2D eigenvalue weighted by molar-refractivity contribution is 6.35. The Morgan fingerprint density at radius 2 is 2.00 bits per heavy atom. The summed E-state index contributed by atoms with van der Waals surface area (Å²) in [6, 6.07) is 8.51. The number of furan rings is 1. The normalized spacial score (nSPS) is 12.7. The zero-order chi connectivity index (χ0) is 13.1. The minimum absolute atomic E-state index is 0.0754. The third kappa shape index (κ3) is 3.06. The van der Waals surface area contributed by atoms with E-state index in [2.05, 4.69) is 0 Å². The zero-order valence-electron chi connectivity index (χ0n) is 9.57. The van der Waals surface area contributed by atoms with Gasteiger partial charge in [-0.1, -0.05) is 23.2 Å². The van der Waals surface area contributed by atoms with Crippen LogP contribution in [0.15, 0.2) is 34.7 Å². The Bertz CT molecular complexity index is 540. The molecule has 1 atom stereocenters. The first kappa shape index (κ1) is 13.4. The average molecular weight is 286 g/mol. The highest BCUT2D eigenvalue weighted by Crippen LogP contribution is 2.31. The van der Waals surface area contributed by atoms with Gasteiger partial charge in [0.05, 0.1) is 11.6 Å². The van der Waals surface area contributed by atoms with Crippen LogP contribution < -0.4 is 5.73 Å². The van der Waals surface area contributed by atoms with Gasteiger partial charge in [0, 0.05) is 23.0 Å². The second-order valence-electron chi connectivity index (χ2n) is 4.04. The molecule has 1 heterocycles. The van der Waals surface area contributed by atoms with Gasteiger partial charge < -0.3 is 15.3 Å². The van der Waals surface area contributed by atoms with Crippen LogP contribution in [0.2, 0.25) is 10.0 Å². The molecule has 0 aliphatic rings. The average Bonchev–Trinajstić information content (AvgIpc) is 2.80. The molecule has 0 fully saturated rings. The quantitative estimate of drug-likeness (QED) is 0.907. The first-order valence-electron chi connectivity index (χ1n) is 5.50. The fourth-order valence-corrected chi connectivity index (χ4v) is 2.02. The fourth-order valence-electron chi connectivity index (χ4n) is 1.64. The summed E-state index contributed by atoms with van der Waals surface area (Å²) in [6.45, 7) is -0.0754. The van der Waals surface area contributed by atoms with E-state index in [1.165, 1.54) is 0 Å². The maximum absolute atomic E-state index is 8.90. The lowest BCUT2D eigenvalue weighted by atomic mass is 10.2. The van der Waals surface area contributed by atoms with E-state index in [9.17, 15) is 0 Å². The Kier molecular flexibility index (Phi) is 4.30. The summed E-state index contributed by atoms with van der Waals surface area (Å²) in [5.41, 5.74) is 6.39. The van der Waals surface area contributed by atoms with E-state index in [0.717, 1.165) is 5.56 Å². The van der Waals surface area contributed by atoms with Crippen molar-refractivity contribution in [1.29, 1.82) is 0 Å². The summed E-state index contributed by atoms with van der Waals surface area (Å²) in [6.07, 6.45) is 0.481. The molecule has 0 saturated heterocycles. The molecule has 18 heavy (non-hydrogen) atoms. The third-order valence-corrected chi connectivity index (χ3v) is 3.12. The minimum Gasteiger partial charge on any atom is -0.461 e. The van der Waals surface area contributed by atoms with E-state index >= 15 is 0 Å². The number of hydrogen-bond donors (Lipinski definition) is 2. The van der Waals surface area contributed by atoms with Gasteiger partial charge in [-0.15, -0.1) is 0 Å². The van der Waals surface area contributed by atoms with E-state index in [0.29, 0.717) is 28.0 Å². The Morgan fingerprint density at radius 3 is 2.72 bits per heavy atom. The van der Waals surface area contributed by atoms with Crippen LogP contribution in [0.25, 0.3) is 11.3 Å². The van der Waals surface area contributed by atoms with Crippen LogP contribution >= 0.6 is 23.2 Å². The maximum Gasteiger partial charge on any atom is 0.135 e. The predicted octanol–water partition coefficient (Wildman–Crippen LogP) is 3.12. The number of hydrogen-bond acceptors (Lipinski definition) is 3. The standard InChI is InChI=1S/C13H13Cl2NO2/c14-8-1-3-12(15)11(5-8)13-4-2-10(18-13)6-9(16)7-17/h1-5,9,17H,6-7,16H2. The van der Waals surface area contributed by atoms with Gasteiger partial charge in [-0.2, -0.15) is 0 Å². The van der Waals surface area contributed by atoms with Crippen molar-refractivity contribution in [1.82, 2.24) is 0 Å². The van der Waals surface area contributed by atoms with Gasteiger partial charge in [0.1, 0.15) is 11.5 Å². The van der Waals surface area contributed by atoms with Crippen molar-refractivity contribution in [3.05, 3.63) is 46.1 Å². The Balaban J connectivity index is 2.26. The van der Waals surface area contributed by atoms with Gasteiger partial charge in [-0.3, -0.25) is 0 Å². The van der Waals surface area contributed by atoms with Crippen molar-refractivity contribution >= 4 is 23.2 Å². The molecule has 0 bridgehead atoms. The summed E-state index contributed by atoms with van der Waals surface area (Å²) in [7, 11) is 0. The maximum atomic E-state index is 8.90. The molecule has 0 aliphatic heterocycles. The summed E-state index contributed by atoms with van der Waals surface area (Å²) < 4.78 is 5.64. The van der Waals surface area contributed by atoms with Crippen LogP contribution in [0.4, 0.5) is 0 Å². The Hall–Kier alpha value is -1.00. The molecule has 3 nitrogen and oxygen atoms in total. The van der Waals surface area contributed by atoms with Crippen LogP contribution in [-0.2, 0) is 6.42 Å². The molecule has 96 valence electrons. The topological polar surface area (TPSA) is 59.4 Å². The molecular formula is C13H13Cl2NO2. The van der Waals surface area contributed by atoms with Crippen LogP contribution in [0.3, 0.4) is 0 Å². The van der Waals surface area contributed by atoms with Crippen molar-refractivity contribution in [2.24, 2.45) is 5.73 Å². The summed E-state index contributed by atoms with van der Waals surface area (Å²) in [5, 5.41) is 10.1. The van der Waals surface area contributed by atoms with E-state index in [1.807, 2.05) is 12.1 Å². The van der Waals surface area contributed by atoms with Crippen molar-refractivity contribution in [3.63, 3.8) is 0 Å². The van der Waals surface area contributed by atoms with Gasteiger partial charge in [-0.25, -0.2) is 0 Å². The first-order chi connectivity index (χ1) is 8.60. The molecule has 2 rings (SSSR count). The fraction of sp³-hybridized carbons (Fsp3) is 0.231. The number of nitrogens with two attached hydrogens (primary N) is 1. The van der Waals surface area contributed by atoms with E-state index in [-0.39, 0.29) is 12.6 Å². The van der Waals surface area contributed by atoms with Crippen LogP contribution in [0.1, 0.15) is 5.76 Å². The van der Waals surface area contributed by atoms with Gasteiger partial charge >= 0.3 is 0 Å². The van der Waals surface area contributed by atoms with E-state index < -0.39 is 0 Å². The molecule has 5 heteroatoms. The Morgan fingerprint density at radius 1 is 1.22 bits per heavy atom. The predicted molar refractivity (Wildman–Crippen MR) is 72.9 cm³/mol. The lowest BCUT2D eigenvalue weighted by Crippen LogP contribution is -2.26. The monoisotopic (exact) mass is 285 g/mol. The van der Waals surface area contributed by atoms with Crippen LogP contribution in [0.5, 0.6) is 0 Å². The molecule has 0 aliphatic carbocycles. The number of rotatable bonds is 4. The van der Waals surface area contributed by atoms with E-state index in [1.54, 1.807) is 18.2 Å². The van der Waals surface area contributed by atoms with Gasteiger partial charge in [0.2, 0.25) is 0 Å². The zero-order valence-corrected chi connectivity index (χ0v) is 11.1. The van der Waals surface area contributed by atoms with Crippen molar-refractivity contribution in [2.75, 3.05) is 6.61 Å². The molecule has 0 amide bonds. The number of aliphatic hydroxyl groups is 1. The first-order valence-corrected chi connectivity index (χ1v) is 6.26. The largest absolute Gasteiger partial charge is 0.461 e. The lowest BCUT2D eigenvalue weighted by Gasteiger charge is -2.05. The highest BCUT2D eigenvalue weighted by Gasteiger charge is 2.11. The summed E-state index contributed by atoms with van der Waals surface area (Å²) in [4.78, 5) is 0. The molecule has 3 N–H and O–H groups in total. The van der Waals surface area contributed by atoms with E-state index in [4.69, 9.17) is 38.5 Å². The van der Waals surface area contributed by atoms with Crippen LogP contribution in [0, 0.1) is 0 Å². The van der Waals surface area contributed by atoms with Crippen molar-refractivity contribution in [3.8, 4) is 11.3 Å². The number of benzene rings is 1. The number of halogens is 2. The van der Waals surface area contributed by atoms with Gasteiger partial charge in [-0.05, 0) is 30.3 Å². The van der Waals surface area contributed by atoms with Gasteiger partial charge in [0.15, 0.2) is 0 Å². The minimum atomic E-state index is -0.321. The molecule has 1 aromatic carbocycles. The highest BCUT2D eigenvalue weighted by atomic mass is 35.5. The van der Waals surface area contributed by atoms with Crippen molar-refractivity contribution < 1.29 is 9.52 Å². The second-order valence-corrected chi connectivity index (χ2v) is 4.88. The second kappa shape index (κ2) is 5.76. The molecule has 2 aromatic rings. The SMILES string of the molecule is NC(CO)Cc1ccc(-c2cc(Cl)ccc2Cl)o1. The smallest absolute Gasteiger partial charge is 0.135 e. The third-order valence-electron chi connectivity index (χ3n) is 2.55. The molecule has 0 spiro atoms.